The normalized spacial score (nSPS) is 11.6. The molecule has 0 aliphatic rings. The molecule has 3 nitrogen and oxygen atoms in total. The molecule has 0 aliphatic heterocycles. The van der Waals surface area contributed by atoms with Crippen LogP contribution in [0.25, 0.3) is 0 Å². The highest BCUT2D eigenvalue weighted by Crippen LogP contribution is 2.25. The van der Waals surface area contributed by atoms with Crippen molar-refractivity contribution in [2.75, 3.05) is 5.75 Å². The van der Waals surface area contributed by atoms with Gasteiger partial charge in [0, 0.05) is 5.75 Å². The van der Waals surface area contributed by atoms with Gasteiger partial charge in [-0.05, 0) is 33.6 Å². The summed E-state index contributed by atoms with van der Waals surface area (Å²) in [5, 5.41) is 9.20. The summed E-state index contributed by atoms with van der Waals surface area (Å²) in [6.45, 7) is 1.62. The van der Waals surface area contributed by atoms with Crippen LogP contribution in [-0.4, -0.2) is 19.3 Å². The molecule has 0 atom stereocenters. The molecule has 1 aromatic carbocycles. The topological polar surface area (TPSA) is 54.4 Å². The molecule has 5 heteroatoms. The molecule has 1 rings (SSSR count). The van der Waals surface area contributed by atoms with E-state index >= 15 is 0 Å². The van der Waals surface area contributed by atoms with Crippen LogP contribution in [0.15, 0.2) is 22.7 Å². The van der Waals surface area contributed by atoms with Gasteiger partial charge in [-0.2, -0.15) is 0 Å². The molecule has 78 valence electrons. The molecule has 0 spiro atoms. The minimum absolute atomic E-state index is 0.0162. The van der Waals surface area contributed by atoms with Gasteiger partial charge in [-0.3, -0.25) is 0 Å². The SMILES string of the molecule is CCS(=O)(=O)Cc1ccc(O)c(Br)c1. The van der Waals surface area contributed by atoms with Crippen molar-refractivity contribution in [1.82, 2.24) is 0 Å². The van der Waals surface area contributed by atoms with Crippen LogP contribution >= 0.6 is 15.9 Å². The minimum Gasteiger partial charge on any atom is -0.507 e. The van der Waals surface area contributed by atoms with E-state index in [9.17, 15) is 13.5 Å². The van der Waals surface area contributed by atoms with Crippen LogP contribution in [0.1, 0.15) is 12.5 Å². The monoisotopic (exact) mass is 278 g/mol. The van der Waals surface area contributed by atoms with E-state index in [4.69, 9.17) is 0 Å². The van der Waals surface area contributed by atoms with E-state index in [1.165, 1.54) is 6.07 Å². The van der Waals surface area contributed by atoms with Crippen LogP contribution in [-0.2, 0) is 15.6 Å². The molecular formula is C9H11BrO3S. The molecule has 0 unspecified atom stereocenters. The average Bonchev–Trinajstić information content (AvgIpc) is 2.11. The van der Waals surface area contributed by atoms with E-state index in [0.29, 0.717) is 10.0 Å². The maximum atomic E-state index is 11.3. The van der Waals surface area contributed by atoms with Crippen molar-refractivity contribution in [3.05, 3.63) is 28.2 Å². The maximum absolute atomic E-state index is 11.3. The smallest absolute Gasteiger partial charge is 0.154 e. The first kappa shape index (κ1) is 11.5. The lowest BCUT2D eigenvalue weighted by Crippen LogP contribution is -2.06. The lowest BCUT2D eigenvalue weighted by molar-refractivity contribution is 0.471. The Morgan fingerprint density at radius 3 is 2.57 bits per heavy atom. The van der Waals surface area contributed by atoms with Crippen molar-refractivity contribution < 1.29 is 13.5 Å². The quantitative estimate of drug-likeness (QED) is 0.921. The van der Waals surface area contributed by atoms with Gasteiger partial charge in [0.15, 0.2) is 9.84 Å². The van der Waals surface area contributed by atoms with Crippen LogP contribution in [0.5, 0.6) is 5.75 Å². The number of rotatable bonds is 3. The second-order valence-electron chi connectivity index (χ2n) is 2.96. The number of benzene rings is 1. The van der Waals surface area contributed by atoms with Gasteiger partial charge in [-0.15, -0.1) is 0 Å². The fraction of sp³-hybridized carbons (Fsp3) is 0.333. The van der Waals surface area contributed by atoms with Gasteiger partial charge in [-0.1, -0.05) is 13.0 Å². The Morgan fingerprint density at radius 1 is 1.43 bits per heavy atom. The fourth-order valence-electron chi connectivity index (χ4n) is 0.996. The van der Waals surface area contributed by atoms with Gasteiger partial charge in [0.25, 0.3) is 0 Å². The standard InChI is InChI=1S/C9H11BrO3S/c1-2-14(12,13)6-7-3-4-9(11)8(10)5-7/h3-5,11H,2,6H2,1H3. The number of phenols is 1. The summed E-state index contributed by atoms with van der Waals surface area (Å²) < 4.78 is 23.1. The maximum Gasteiger partial charge on any atom is 0.154 e. The van der Waals surface area contributed by atoms with Crippen molar-refractivity contribution in [3.63, 3.8) is 0 Å². The summed E-state index contributed by atoms with van der Waals surface area (Å²) in [6.07, 6.45) is 0. The van der Waals surface area contributed by atoms with Crippen molar-refractivity contribution >= 4 is 25.8 Å². The number of aromatic hydroxyl groups is 1. The second kappa shape index (κ2) is 4.31. The zero-order valence-corrected chi connectivity index (χ0v) is 10.1. The van der Waals surface area contributed by atoms with E-state index in [2.05, 4.69) is 15.9 Å². The summed E-state index contributed by atoms with van der Waals surface area (Å²) in [7, 11) is -3.00. The molecule has 0 amide bonds. The Hall–Kier alpha value is -0.550. The largest absolute Gasteiger partial charge is 0.507 e. The van der Waals surface area contributed by atoms with Crippen LogP contribution < -0.4 is 0 Å². The van der Waals surface area contributed by atoms with Crippen LogP contribution in [0.4, 0.5) is 0 Å². The Bertz CT molecular complexity index is 426. The number of sulfone groups is 1. The van der Waals surface area contributed by atoms with Crippen molar-refractivity contribution in [3.8, 4) is 5.75 Å². The molecule has 0 aromatic heterocycles. The lowest BCUT2D eigenvalue weighted by atomic mass is 10.2. The summed E-state index contributed by atoms with van der Waals surface area (Å²) in [5.74, 6) is 0.260. The predicted molar refractivity (Wildman–Crippen MR) is 59.0 cm³/mol. The third kappa shape index (κ3) is 2.99. The lowest BCUT2D eigenvalue weighted by Gasteiger charge is -2.03. The van der Waals surface area contributed by atoms with Crippen molar-refractivity contribution in [2.45, 2.75) is 12.7 Å². The Morgan fingerprint density at radius 2 is 2.07 bits per heavy atom. The zero-order chi connectivity index (χ0) is 10.8. The second-order valence-corrected chi connectivity index (χ2v) is 6.17. The number of hydrogen-bond acceptors (Lipinski definition) is 3. The van der Waals surface area contributed by atoms with Gasteiger partial charge >= 0.3 is 0 Å². The highest BCUT2D eigenvalue weighted by Gasteiger charge is 2.09. The van der Waals surface area contributed by atoms with E-state index in [1.807, 2.05) is 0 Å². The first-order valence-corrected chi connectivity index (χ1v) is 6.74. The first-order valence-electron chi connectivity index (χ1n) is 4.12. The molecule has 0 radical (unpaired) electrons. The fourth-order valence-corrected chi connectivity index (χ4v) is 2.31. The molecule has 0 fully saturated rings. The van der Waals surface area contributed by atoms with Gasteiger partial charge in [-0.25, -0.2) is 8.42 Å². The first-order chi connectivity index (χ1) is 6.44. The molecule has 0 saturated heterocycles. The highest BCUT2D eigenvalue weighted by atomic mass is 79.9. The van der Waals surface area contributed by atoms with E-state index in [1.54, 1.807) is 19.1 Å². The van der Waals surface area contributed by atoms with Crippen LogP contribution in [0.3, 0.4) is 0 Å². The third-order valence-electron chi connectivity index (χ3n) is 1.84. The van der Waals surface area contributed by atoms with Crippen molar-refractivity contribution in [2.24, 2.45) is 0 Å². The molecular weight excluding hydrogens is 268 g/mol. The number of halogens is 1. The molecule has 1 N–H and O–H groups in total. The number of phenolic OH excluding ortho intramolecular Hbond substituents is 1. The summed E-state index contributed by atoms with van der Waals surface area (Å²) in [6, 6.07) is 4.69. The highest BCUT2D eigenvalue weighted by molar-refractivity contribution is 9.10. The van der Waals surface area contributed by atoms with Gasteiger partial charge in [0.05, 0.1) is 10.2 Å². The zero-order valence-electron chi connectivity index (χ0n) is 7.70. The molecule has 0 aliphatic carbocycles. The van der Waals surface area contributed by atoms with Gasteiger partial charge < -0.3 is 5.11 Å². The molecule has 0 bridgehead atoms. The predicted octanol–water partition coefficient (Wildman–Crippen LogP) is 2.09. The van der Waals surface area contributed by atoms with Crippen LogP contribution in [0, 0.1) is 0 Å². The third-order valence-corrected chi connectivity index (χ3v) is 4.13. The van der Waals surface area contributed by atoms with Gasteiger partial charge in [0.1, 0.15) is 5.75 Å². The van der Waals surface area contributed by atoms with Crippen LogP contribution in [0.2, 0.25) is 0 Å². The summed E-state index contributed by atoms with van der Waals surface area (Å²) in [4.78, 5) is 0. The Kier molecular flexibility index (Phi) is 3.55. The molecule has 14 heavy (non-hydrogen) atoms. The van der Waals surface area contributed by atoms with Crippen molar-refractivity contribution in [1.29, 1.82) is 0 Å². The summed E-state index contributed by atoms with van der Waals surface area (Å²) in [5.41, 5.74) is 0.677. The van der Waals surface area contributed by atoms with Gasteiger partial charge in [0.2, 0.25) is 0 Å². The van der Waals surface area contributed by atoms with E-state index < -0.39 is 9.84 Å². The molecule has 0 heterocycles. The Labute approximate surface area is 91.8 Å². The summed E-state index contributed by atoms with van der Waals surface area (Å²) >= 11 is 3.13. The van der Waals surface area contributed by atoms with E-state index in [0.717, 1.165) is 0 Å². The molecule has 0 saturated carbocycles. The Balaban J connectivity index is 2.94. The molecule has 1 aromatic rings. The number of hydrogen-bond donors (Lipinski definition) is 1. The average molecular weight is 279 g/mol. The minimum atomic E-state index is -3.00. The van der Waals surface area contributed by atoms with E-state index in [-0.39, 0.29) is 17.3 Å².